The van der Waals surface area contributed by atoms with E-state index in [-0.39, 0.29) is 0 Å². The molecule has 0 unspecified atom stereocenters. The Kier molecular flexibility index (Phi) is 20.4. The minimum atomic E-state index is -0.639. The second-order valence-corrected chi connectivity index (χ2v) is 5.80. The van der Waals surface area contributed by atoms with Crippen molar-refractivity contribution in [3.63, 3.8) is 0 Å². The van der Waals surface area contributed by atoms with Gasteiger partial charge in [-0.25, -0.2) is 0 Å². The molecule has 0 aromatic rings. The van der Waals surface area contributed by atoms with Crippen molar-refractivity contribution in [1.82, 2.24) is 0 Å². The largest absolute Gasteiger partial charge is 0.361 e. The third-order valence-corrected chi connectivity index (χ3v) is 3.00. The highest BCUT2D eigenvalue weighted by Gasteiger charge is 1.96. The first kappa shape index (κ1) is 21.9. The van der Waals surface area contributed by atoms with Crippen LogP contribution in [0.5, 0.6) is 0 Å². The van der Waals surface area contributed by atoms with Crippen LogP contribution >= 0.6 is 25.3 Å². The molecule has 0 aromatic heterocycles. The predicted octanol–water partition coefficient (Wildman–Crippen LogP) is 4.67. The van der Waals surface area contributed by atoms with Crippen molar-refractivity contribution in [2.45, 2.75) is 77.0 Å². The first-order valence-corrected chi connectivity index (χ1v) is 8.33. The maximum atomic E-state index is 9.09. The van der Waals surface area contributed by atoms with Crippen LogP contribution in [0.2, 0.25) is 0 Å². The molecule has 0 saturated heterocycles. The van der Waals surface area contributed by atoms with Gasteiger partial charge >= 0.3 is 0 Å². The third kappa shape index (κ3) is 36.0. The molecule has 2 aliphatic carbocycles. The maximum absolute atomic E-state index is 9.09. The van der Waals surface area contributed by atoms with Crippen LogP contribution in [0, 0.1) is 0 Å². The Hall–Kier alpha value is -0.360. The van der Waals surface area contributed by atoms with Crippen LogP contribution in [0.25, 0.3) is 0 Å². The summed E-state index contributed by atoms with van der Waals surface area (Å²) in [5, 5.41) is -1.28. The minimum absolute atomic E-state index is 0.639. The Labute approximate surface area is 134 Å². The monoisotopic (exact) mass is 322 g/mol. The molecule has 0 aromatic carbocycles. The van der Waals surface area contributed by atoms with Gasteiger partial charge in [0.15, 0.2) is 0 Å². The van der Waals surface area contributed by atoms with E-state index in [2.05, 4.69) is 36.7 Å². The van der Waals surface area contributed by atoms with Gasteiger partial charge in [0.05, 0.1) is 0 Å². The van der Waals surface area contributed by atoms with Gasteiger partial charge in [-0.1, -0.05) is 102 Å². The van der Waals surface area contributed by atoms with Crippen LogP contribution in [0.15, 0.2) is 0 Å². The Morgan fingerprint density at radius 3 is 0.600 bits per heavy atom. The van der Waals surface area contributed by atoms with Crippen LogP contribution in [0.1, 0.15) is 77.0 Å². The van der Waals surface area contributed by atoms with E-state index in [1.807, 2.05) is 0 Å². The van der Waals surface area contributed by atoms with Crippen molar-refractivity contribution in [2.24, 2.45) is 11.5 Å². The molecule has 0 atom stereocenters. The van der Waals surface area contributed by atoms with E-state index in [0.29, 0.717) is 0 Å². The van der Waals surface area contributed by atoms with Gasteiger partial charge in [0.25, 0.3) is 10.5 Å². The van der Waals surface area contributed by atoms with Crippen molar-refractivity contribution in [2.75, 3.05) is 0 Å². The average molecular weight is 323 g/mol. The average Bonchev–Trinajstić information content (AvgIpc) is 2.42. The molecule has 0 bridgehead atoms. The summed E-state index contributed by atoms with van der Waals surface area (Å²) in [7, 11) is 0. The number of nitrogens with two attached hydrogens (primary N) is 2. The molecule has 2 saturated carbocycles. The first-order chi connectivity index (χ1) is 9.46. The Morgan fingerprint density at radius 2 is 0.550 bits per heavy atom. The lowest BCUT2D eigenvalue weighted by atomic mass is 10.0. The van der Waals surface area contributed by atoms with Crippen LogP contribution < -0.4 is 11.5 Å². The molecule has 4 N–H and O–H groups in total. The summed E-state index contributed by atoms with van der Waals surface area (Å²) in [6.07, 6.45) is 18.0. The molecule has 4 nitrogen and oxygen atoms in total. The van der Waals surface area contributed by atoms with Crippen LogP contribution in [-0.2, 0) is 0 Å². The van der Waals surface area contributed by atoms with Crippen LogP contribution in [0.4, 0.5) is 9.59 Å². The molecular formula is C14H30N2O2S2. The van der Waals surface area contributed by atoms with Gasteiger partial charge in [0.1, 0.15) is 0 Å². The van der Waals surface area contributed by atoms with Gasteiger partial charge in [-0.05, 0) is 0 Å². The van der Waals surface area contributed by atoms with E-state index in [9.17, 15) is 0 Å². The number of rotatable bonds is 0. The summed E-state index contributed by atoms with van der Waals surface area (Å²) in [5.41, 5.74) is 8.67. The standard InChI is InChI=1S/2C6H12.2CH3NOS/c2*1-2-4-6-5-3-1;2*2-1(3)4/h2*1-6H2;2*(H3,2,3,4). The zero-order valence-corrected chi connectivity index (χ0v) is 14.1. The number of thiol groups is 2. The minimum Gasteiger partial charge on any atom is -0.361 e. The summed E-state index contributed by atoms with van der Waals surface area (Å²) in [6.45, 7) is 0. The normalized spacial score (nSPS) is 16.9. The van der Waals surface area contributed by atoms with Crippen LogP contribution in [0.3, 0.4) is 0 Å². The van der Waals surface area contributed by atoms with Crippen molar-refractivity contribution >= 4 is 35.7 Å². The molecule has 2 rings (SSSR count). The highest BCUT2D eigenvalue weighted by atomic mass is 32.1. The first-order valence-electron chi connectivity index (χ1n) is 7.43. The quantitative estimate of drug-likeness (QED) is 0.488. The zero-order valence-electron chi connectivity index (χ0n) is 12.4. The van der Waals surface area contributed by atoms with E-state index in [1.165, 1.54) is 77.0 Å². The SMILES string of the molecule is C1CCCCC1.C1CCCCC1.NC(=O)S.NC(=O)S. The molecule has 120 valence electrons. The number of hydrogen-bond donors (Lipinski definition) is 4. The lowest BCUT2D eigenvalue weighted by molar-refractivity contribution is 0.266. The lowest BCUT2D eigenvalue weighted by Crippen LogP contribution is -1.95. The zero-order chi connectivity index (χ0) is 15.6. The third-order valence-electron chi connectivity index (χ3n) is 3.00. The fourth-order valence-electron chi connectivity index (χ4n) is 2.12. The number of primary amides is 2. The van der Waals surface area contributed by atoms with Gasteiger partial charge < -0.3 is 11.5 Å². The molecular weight excluding hydrogens is 292 g/mol. The van der Waals surface area contributed by atoms with Crippen molar-refractivity contribution in [3.8, 4) is 0 Å². The second-order valence-electron chi connectivity index (χ2n) is 4.92. The fraction of sp³-hybridized carbons (Fsp3) is 0.857. The predicted molar refractivity (Wildman–Crippen MR) is 92.5 cm³/mol. The van der Waals surface area contributed by atoms with Crippen molar-refractivity contribution in [3.05, 3.63) is 0 Å². The van der Waals surface area contributed by atoms with E-state index in [0.717, 1.165) is 0 Å². The molecule has 2 fully saturated rings. The van der Waals surface area contributed by atoms with Gasteiger partial charge in [-0.15, -0.1) is 0 Å². The van der Waals surface area contributed by atoms with Crippen molar-refractivity contribution < 1.29 is 9.59 Å². The molecule has 6 heteroatoms. The molecule has 0 radical (unpaired) electrons. The Balaban J connectivity index is 0. The molecule has 0 spiro atoms. The number of hydrogen-bond acceptors (Lipinski definition) is 2. The number of carbonyl (C=O) groups is 2. The molecule has 0 aliphatic heterocycles. The summed E-state index contributed by atoms with van der Waals surface area (Å²) < 4.78 is 0. The van der Waals surface area contributed by atoms with Crippen molar-refractivity contribution in [1.29, 1.82) is 0 Å². The van der Waals surface area contributed by atoms with E-state index in [1.54, 1.807) is 0 Å². The number of amides is 2. The van der Waals surface area contributed by atoms with E-state index < -0.39 is 10.5 Å². The smallest absolute Gasteiger partial charge is 0.273 e. The summed E-state index contributed by atoms with van der Waals surface area (Å²) in [6, 6.07) is 0. The summed E-state index contributed by atoms with van der Waals surface area (Å²) in [5.74, 6) is 0. The Bertz CT molecular complexity index is 176. The van der Waals surface area contributed by atoms with E-state index in [4.69, 9.17) is 9.59 Å². The van der Waals surface area contributed by atoms with Crippen LogP contribution in [-0.4, -0.2) is 10.5 Å². The van der Waals surface area contributed by atoms with Gasteiger partial charge in [0.2, 0.25) is 0 Å². The number of carbonyl (C=O) groups excluding carboxylic acids is 2. The topological polar surface area (TPSA) is 86.2 Å². The molecule has 2 aliphatic rings. The summed E-state index contributed by atoms with van der Waals surface area (Å²) in [4.78, 5) is 18.2. The van der Waals surface area contributed by atoms with Gasteiger partial charge in [-0.3, -0.25) is 9.59 Å². The molecule has 2 amide bonds. The highest BCUT2D eigenvalue weighted by molar-refractivity contribution is 7.96. The maximum Gasteiger partial charge on any atom is 0.273 e. The molecule has 0 heterocycles. The van der Waals surface area contributed by atoms with E-state index >= 15 is 0 Å². The summed E-state index contributed by atoms with van der Waals surface area (Å²) >= 11 is 6.21. The fourth-order valence-corrected chi connectivity index (χ4v) is 2.12. The Morgan fingerprint density at radius 1 is 0.500 bits per heavy atom. The van der Waals surface area contributed by atoms with Gasteiger partial charge in [-0.2, -0.15) is 0 Å². The second kappa shape index (κ2) is 18.6. The molecule has 20 heavy (non-hydrogen) atoms. The van der Waals surface area contributed by atoms with Gasteiger partial charge in [0, 0.05) is 0 Å². The highest BCUT2D eigenvalue weighted by Crippen LogP contribution is 2.15. The lowest BCUT2D eigenvalue weighted by Gasteiger charge is -2.05.